The summed E-state index contributed by atoms with van der Waals surface area (Å²) in [5.74, 6) is -0.0867. The number of halogens is 3. The van der Waals surface area contributed by atoms with E-state index in [-0.39, 0.29) is 12.5 Å². The molecule has 0 saturated heterocycles. The summed E-state index contributed by atoms with van der Waals surface area (Å²) in [4.78, 5) is 11.0. The summed E-state index contributed by atoms with van der Waals surface area (Å²) in [7, 11) is 0. The van der Waals surface area contributed by atoms with Gasteiger partial charge in [0.1, 0.15) is 0 Å². The first-order valence-electron chi connectivity index (χ1n) is 6.40. The maximum absolute atomic E-state index is 12.4. The van der Waals surface area contributed by atoms with Crippen molar-refractivity contribution in [3.63, 3.8) is 0 Å². The number of carbonyl (C=O) groups excluding carboxylic acids is 1. The molecule has 0 radical (unpaired) electrons. The van der Waals surface area contributed by atoms with Crippen LogP contribution in [0.25, 0.3) is 0 Å². The fourth-order valence-electron chi connectivity index (χ4n) is 2.00. The van der Waals surface area contributed by atoms with E-state index in [2.05, 4.69) is 5.32 Å². The third kappa shape index (κ3) is 5.50. The zero-order valence-electron chi connectivity index (χ0n) is 11.5. The van der Waals surface area contributed by atoms with Crippen molar-refractivity contribution in [2.45, 2.75) is 38.9 Å². The molecular weight excluding hydrogens is 269 g/mol. The summed E-state index contributed by atoms with van der Waals surface area (Å²) in [6.07, 6.45) is -3.48. The molecule has 1 atom stereocenters. The number of nitrogens with two attached hydrogens (primary N) is 1. The molecule has 1 aromatic rings. The molecule has 0 aliphatic carbocycles. The average Bonchev–Trinajstić information content (AvgIpc) is 2.26. The second-order valence-corrected chi connectivity index (χ2v) is 5.22. The average molecular weight is 288 g/mol. The molecule has 1 amide bonds. The van der Waals surface area contributed by atoms with E-state index in [1.807, 2.05) is 13.8 Å². The zero-order chi connectivity index (χ0) is 15.3. The number of rotatable bonds is 6. The Morgan fingerprint density at radius 3 is 2.20 bits per heavy atom. The quantitative estimate of drug-likeness (QED) is 0.843. The summed E-state index contributed by atoms with van der Waals surface area (Å²) < 4.78 is 37.3. The molecule has 0 aromatic heterocycles. The number of alkyl halides is 3. The second kappa shape index (κ2) is 6.63. The molecule has 1 aromatic carbocycles. The molecule has 0 bridgehead atoms. The molecule has 0 aliphatic rings. The Kier molecular flexibility index (Phi) is 5.42. The molecule has 0 spiro atoms. The van der Waals surface area contributed by atoms with Gasteiger partial charge >= 0.3 is 6.18 Å². The van der Waals surface area contributed by atoms with E-state index in [0.29, 0.717) is 18.0 Å². The van der Waals surface area contributed by atoms with Crippen molar-refractivity contribution in [2.24, 2.45) is 11.7 Å². The summed E-state index contributed by atoms with van der Waals surface area (Å²) in [5, 5.41) is 3.05. The lowest BCUT2D eigenvalue weighted by Gasteiger charge is -2.20. The Morgan fingerprint density at radius 2 is 1.80 bits per heavy atom. The van der Waals surface area contributed by atoms with Crippen LogP contribution in [-0.4, -0.2) is 11.9 Å². The van der Waals surface area contributed by atoms with Gasteiger partial charge in [-0.1, -0.05) is 13.8 Å². The fraction of sp³-hybridized carbons (Fsp3) is 0.500. The molecule has 6 heteroatoms. The van der Waals surface area contributed by atoms with Crippen molar-refractivity contribution >= 4 is 11.6 Å². The van der Waals surface area contributed by atoms with E-state index < -0.39 is 17.6 Å². The molecule has 0 saturated carbocycles. The van der Waals surface area contributed by atoms with Gasteiger partial charge in [0.05, 0.1) is 5.56 Å². The fourth-order valence-corrected chi connectivity index (χ4v) is 2.00. The van der Waals surface area contributed by atoms with Crippen LogP contribution in [-0.2, 0) is 11.0 Å². The van der Waals surface area contributed by atoms with E-state index in [1.54, 1.807) is 0 Å². The topological polar surface area (TPSA) is 55.1 Å². The van der Waals surface area contributed by atoms with Crippen molar-refractivity contribution in [1.29, 1.82) is 0 Å². The van der Waals surface area contributed by atoms with Crippen LogP contribution in [0.2, 0.25) is 0 Å². The molecule has 0 aliphatic heterocycles. The van der Waals surface area contributed by atoms with Gasteiger partial charge in [0, 0.05) is 18.2 Å². The highest BCUT2D eigenvalue weighted by molar-refractivity contribution is 5.75. The maximum atomic E-state index is 12.4. The summed E-state index contributed by atoms with van der Waals surface area (Å²) in [6, 6.07) is 4.57. The van der Waals surface area contributed by atoms with E-state index in [0.717, 1.165) is 12.1 Å². The Hall–Kier alpha value is -1.72. The van der Waals surface area contributed by atoms with Gasteiger partial charge in [-0.15, -0.1) is 0 Å². The van der Waals surface area contributed by atoms with Gasteiger partial charge in [0.15, 0.2) is 0 Å². The van der Waals surface area contributed by atoms with Crippen molar-refractivity contribution in [2.75, 3.05) is 5.32 Å². The van der Waals surface area contributed by atoms with Gasteiger partial charge in [-0.05, 0) is 36.6 Å². The second-order valence-electron chi connectivity index (χ2n) is 5.22. The Labute approximate surface area is 116 Å². The minimum absolute atomic E-state index is 0.152. The van der Waals surface area contributed by atoms with E-state index in [4.69, 9.17) is 5.73 Å². The predicted molar refractivity (Wildman–Crippen MR) is 72.1 cm³/mol. The Balaban J connectivity index is 2.75. The third-order valence-corrected chi connectivity index (χ3v) is 2.79. The van der Waals surface area contributed by atoms with Crippen LogP contribution in [0.5, 0.6) is 0 Å². The standard InChI is InChI=1S/C14H19F3N2O/c1-9(2)7-12(8-13(18)20)19-11-5-3-10(4-6-11)14(15,16)17/h3-6,9,12,19H,7-8H2,1-2H3,(H2,18,20)/t12-/m1/s1. The lowest BCUT2D eigenvalue weighted by Crippen LogP contribution is -2.28. The maximum Gasteiger partial charge on any atom is 0.416 e. The Morgan fingerprint density at radius 1 is 1.25 bits per heavy atom. The van der Waals surface area contributed by atoms with Crippen molar-refractivity contribution in [3.8, 4) is 0 Å². The van der Waals surface area contributed by atoms with Crippen molar-refractivity contribution in [1.82, 2.24) is 0 Å². The number of benzene rings is 1. The minimum atomic E-state index is -4.34. The lowest BCUT2D eigenvalue weighted by atomic mass is 10.0. The van der Waals surface area contributed by atoms with Crippen LogP contribution in [0.15, 0.2) is 24.3 Å². The molecule has 0 unspecified atom stereocenters. The highest BCUT2D eigenvalue weighted by Gasteiger charge is 2.30. The van der Waals surface area contributed by atoms with Crippen LogP contribution in [0.4, 0.5) is 18.9 Å². The highest BCUT2D eigenvalue weighted by Crippen LogP contribution is 2.30. The van der Waals surface area contributed by atoms with Gasteiger partial charge in [-0.25, -0.2) is 0 Å². The predicted octanol–water partition coefficient (Wildman–Crippen LogP) is 3.41. The minimum Gasteiger partial charge on any atom is -0.382 e. The largest absolute Gasteiger partial charge is 0.416 e. The molecule has 3 nitrogen and oxygen atoms in total. The molecule has 3 N–H and O–H groups in total. The number of hydrogen-bond acceptors (Lipinski definition) is 2. The number of primary amides is 1. The van der Waals surface area contributed by atoms with Gasteiger partial charge < -0.3 is 11.1 Å². The van der Waals surface area contributed by atoms with Crippen molar-refractivity contribution in [3.05, 3.63) is 29.8 Å². The first kappa shape index (κ1) is 16.3. The van der Waals surface area contributed by atoms with Crippen LogP contribution in [0.3, 0.4) is 0 Å². The summed E-state index contributed by atoms with van der Waals surface area (Å²) >= 11 is 0. The monoisotopic (exact) mass is 288 g/mol. The van der Waals surface area contributed by atoms with E-state index >= 15 is 0 Å². The molecular formula is C14H19F3N2O. The van der Waals surface area contributed by atoms with Crippen LogP contribution >= 0.6 is 0 Å². The number of amides is 1. The number of hydrogen-bond donors (Lipinski definition) is 2. The molecule has 0 fully saturated rings. The number of nitrogens with one attached hydrogen (secondary N) is 1. The molecule has 112 valence electrons. The smallest absolute Gasteiger partial charge is 0.382 e. The van der Waals surface area contributed by atoms with E-state index in [9.17, 15) is 18.0 Å². The van der Waals surface area contributed by atoms with Gasteiger partial charge in [0.25, 0.3) is 0 Å². The van der Waals surface area contributed by atoms with Crippen LogP contribution < -0.4 is 11.1 Å². The summed E-state index contributed by atoms with van der Waals surface area (Å²) in [5.41, 5.74) is 5.03. The van der Waals surface area contributed by atoms with Gasteiger partial charge in [-0.2, -0.15) is 13.2 Å². The van der Waals surface area contributed by atoms with Crippen molar-refractivity contribution < 1.29 is 18.0 Å². The van der Waals surface area contributed by atoms with Crippen LogP contribution in [0.1, 0.15) is 32.3 Å². The highest BCUT2D eigenvalue weighted by atomic mass is 19.4. The molecule has 1 rings (SSSR count). The lowest BCUT2D eigenvalue weighted by molar-refractivity contribution is -0.137. The SMILES string of the molecule is CC(C)C[C@H](CC(N)=O)Nc1ccc(C(F)(F)F)cc1. The normalized spacial score (nSPS) is 13.3. The number of carbonyl (C=O) groups is 1. The summed E-state index contributed by atoms with van der Waals surface area (Å²) in [6.45, 7) is 4.00. The van der Waals surface area contributed by atoms with Gasteiger partial charge in [-0.3, -0.25) is 4.79 Å². The van der Waals surface area contributed by atoms with Gasteiger partial charge in [0.2, 0.25) is 5.91 Å². The number of anilines is 1. The molecule has 20 heavy (non-hydrogen) atoms. The third-order valence-electron chi connectivity index (χ3n) is 2.79. The van der Waals surface area contributed by atoms with Crippen LogP contribution in [0, 0.1) is 5.92 Å². The Bertz CT molecular complexity index is 441. The first-order chi connectivity index (χ1) is 9.18. The van der Waals surface area contributed by atoms with E-state index in [1.165, 1.54) is 12.1 Å². The molecule has 0 heterocycles. The zero-order valence-corrected chi connectivity index (χ0v) is 11.5. The first-order valence-corrected chi connectivity index (χ1v) is 6.40.